The largest absolute Gasteiger partial charge is 0.488 e. The lowest BCUT2D eigenvalue weighted by Gasteiger charge is -2.31. The summed E-state index contributed by atoms with van der Waals surface area (Å²) in [5.41, 5.74) is 1.23. The van der Waals surface area contributed by atoms with Gasteiger partial charge in [0, 0.05) is 32.2 Å². The van der Waals surface area contributed by atoms with Crippen molar-refractivity contribution in [2.24, 2.45) is 0 Å². The van der Waals surface area contributed by atoms with Gasteiger partial charge in [-0.1, -0.05) is 30.3 Å². The number of piperazine rings is 1. The van der Waals surface area contributed by atoms with Crippen molar-refractivity contribution in [2.45, 2.75) is 19.5 Å². The highest BCUT2D eigenvalue weighted by atomic mass is 35.5. The van der Waals surface area contributed by atoms with Gasteiger partial charge in [0.1, 0.15) is 12.4 Å². The Bertz CT molecular complexity index is 436. The third-order valence-electron chi connectivity index (χ3n) is 3.21. The first-order valence-electron chi connectivity index (χ1n) is 6.67. The van der Waals surface area contributed by atoms with Crippen molar-refractivity contribution in [2.75, 3.05) is 26.2 Å². The SMILES string of the molecule is C=CCOc1ccc(CN2CCN[C@H](C)C2)cc1Cl. The third kappa shape index (κ3) is 4.23. The lowest BCUT2D eigenvalue weighted by Crippen LogP contribution is -2.48. The van der Waals surface area contributed by atoms with Gasteiger partial charge < -0.3 is 10.1 Å². The number of hydrogen-bond donors (Lipinski definition) is 1. The van der Waals surface area contributed by atoms with Crippen LogP contribution in [0.3, 0.4) is 0 Å². The van der Waals surface area contributed by atoms with Crippen LogP contribution in [0.15, 0.2) is 30.9 Å². The monoisotopic (exact) mass is 280 g/mol. The molecule has 19 heavy (non-hydrogen) atoms. The van der Waals surface area contributed by atoms with E-state index in [0.29, 0.717) is 17.7 Å². The summed E-state index contributed by atoms with van der Waals surface area (Å²) in [5, 5.41) is 4.11. The number of halogens is 1. The molecule has 1 aliphatic heterocycles. The van der Waals surface area contributed by atoms with E-state index in [1.165, 1.54) is 5.56 Å². The molecule has 0 amide bonds. The molecule has 1 N–H and O–H groups in total. The first-order valence-corrected chi connectivity index (χ1v) is 7.04. The number of rotatable bonds is 5. The molecule has 3 nitrogen and oxygen atoms in total. The number of hydrogen-bond acceptors (Lipinski definition) is 3. The van der Waals surface area contributed by atoms with Crippen molar-refractivity contribution < 1.29 is 4.74 Å². The quantitative estimate of drug-likeness (QED) is 0.840. The molecule has 1 saturated heterocycles. The van der Waals surface area contributed by atoms with E-state index >= 15 is 0 Å². The lowest BCUT2D eigenvalue weighted by atomic mass is 10.1. The van der Waals surface area contributed by atoms with Crippen LogP contribution in [0.25, 0.3) is 0 Å². The Morgan fingerprint density at radius 3 is 3.11 bits per heavy atom. The van der Waals surface area contributed by atoms with Crippen LogP contribution in [-0.4, -0.2) is 37.2 Å². The maximum Gasteiger partial charge on any atom is 0.138 e. The van der Waals surface area contributed by atoms with E-state index in [4.69, 9.17) is 16.3 Å². The van der Waals surface area contributed by atoms with Gasteiger partial charge in [0.25, 0.3) is 0 Å². The molecule has 1 aromatic rings. The summed E-state index contributed by atoms with van der Waals surface area (Å²) in [6.45, 7) is 10.5. The fraction of sp³-hybridized carbons (Fsp3) is 0.467. The first-order chi connectivity index (χ1) is 9.19. The Morgan fingerprint density at radius 2 is 2.42 bits per heavy atom. The Hall–Kier alpha value is -1.03. The van der Waals surface area contributed by atoms with Gasteiger partial charge in [-0.3, -0.25) is 4.90 Å². The highest BCUT2D eigenvalue weighted by molar-refractivity contribution is 6.32. The van der Waals surface area contributed by atoms with E-state index in [2.05, 4.69) is 29.8 Å². The van der Waals surface area contributed by atoms with Crippen LogP contribution in [0.2, 0.25) is 5.02 Å². The summed E-state index contributed by atoms with van der Waals surface area (Å²) in [6, 6.07) is 6.57. The van der Waals surface area contributed by atoms with E-state index in [0.717, 1.165) is 31.9 Å². The van der Waals surface area contributed by atoms with Crippen molar-refractivity contribution in [1.82, 2.24) is 10.2 Å². The average Bonchev–Trinajstić information content (AvgIpc) is 2.38. The minimum atomic E-state index is 0.481. The molecule has 0 radical (unpaired) electrons. The van der Waals surface area contributed by atoms with E-state index in [1.54, 1.807) is 6.08 Å². The van der Waals surface area contributed by atoms with Crippen molar-refractivity contribution in [3.63, 3.8) is 0 Å². The minimum Gasteiger partial charge on any atom is -0.488 e. The zero-order valence-electron chi connectivity index (χ0n) is 11.4. The van der Waals surface area contributed by atoms with Crippen LogP contribution in [-0.2, 0) is 6.54 Å². The topological polar surface area (TPSA) is 24.5 Å². The zero-order chi connectivity index (χ0) is 13.7. The van der Waals surface area contributed by atoms with Gasteiger partial charge in [-0.2, -0.15) is 0 Å². The third-order valence-corrected chi connectivity index (χ3v) is 3.51. The van der Waals surface area contributed by atoms with Crippen molar-refractivity contribution >= 4 is 11.6 Å². The Morgan fingerprint density at radius 1 is 1.58 bits per heavy atom. The highest BCUT2D eigenvalue weighted by Crippen LogP contribution is 2.26. The summed E-state index contributed by atoms with van der Waals surface area (Å²) >= 11 is 6.22. The van der Waals surface area contributed by atoms with Gasteiger partial charge >= 0.3 is 0 Å². The number of benzene rings is 1. The molecular weight excluding hydrogens is 260 g/mol. The summed E-state index contributed by atoms with van der Waals surface area (Å²) in [6.07, 6.45) is 1.71. The molecule has 0 saturated carbocycles. The van der Waals surface area contributed by atoms with Crippen molar-refractivity contribution in [3.8, 4) is 5.75 Å². The molecule has 0 bridgehead atoms. The molecule has 1 fully saturated rings. The zero-order valence-corrected chi connectivity index (χ0v) is 12.1. The number of ether oxygens (including phenoxy) is 1. The number of nitrogens with one attached hydrogen (secondary N) is 1. The number of nitrogens with zero attached hydrogens (tertiary/aromatic N) is 1. The van der Waals surface area contributed by atoms with E-state index in [1.807, 2.05) is 12.1 Å². The molecule has 0 spiro atoms. The second-order valence-electron chi connectivity index (χ2n) is 4.95. The van der Waals surface area contributed by atoms with Crippen LogP contribution in [0.5, 0.6) is 5.75 Å². The fourth-order valence-corrected chi connectivity index (χ4v) is 2.58. The molecule has 2 rings (SSSR count). The molecule has 4 heteroatoms. The van der Waals surface area contributed by atoms with Crippen LogP contribution in [0.1, 0.15) is 12.5 Å². The predicted molar refractivity (Wildman–Crippen MR) is 79.9 cm³/mol. The maximum atomic E-state index is 6.22. The van der Waals surface area contributed by atoms with Crippen LogP contribution in [0.4, 0.5) is 0 Å². The first kappa shape index (κ1) is 14.4. The van der Waals surface area contributed by atoms with Crippen LogP contribution >= 0.6 is 11.6 Å². The standard InChI is InChI=1S/C15H21ClN2O/c1-3-8-19-15-5-4-13(9-14(15)16)11-18-7-6-17-12(2)10-18/h3-5,9,12,17H,1,6-8,10-11H2,2H3/t12-/m1/s1. The Labute approximate surface area is 120 Å². The normalized spacial score (nSPS) is 20.2. The molecule has 0 aromatic heterocycles. The summed E-state index contributed by atoms with van der Waals surface area (Å²) < 4.78 is 5.47. The summed E-state index contributed by atoms with van der Waals surface area (Å²) in [4.78, 5) is 2.44. The van der Waals surface area contributed by atoms with Gasteiger partial charge in [-0.15, -0.1) is 0 Å². The lowest BCUT2D eigenvalue weighted by molar-refractivity contribution is 0.199. The molecule has 0 unspecified atom stereocenters. The van der Waals surface area contributed by atoms with Gasteiger partial charge in [0.2, 0.25) is 0 Å². The van der Waals surface area contributed by atoms with Crippen LogP contribution < -0.4 is 10.1 Å². The smallest absolute Gasteiger partial charge is 0.138 e. The second-order valence-corrected chi connectivity index (χ2v) is 5.36. The van der Waals surface area contributed by atoms with Crippen LogP contribution in [0, 0.1) is 0 Å². The van der Waals surface area contributed by atoms with Gasteiger partial charge in [0.15, 0.2) is 0 Å². The van der Waals surface area contributed by atoms with E-state index < -0.39 is 0 Å². The maximum absolute atomic E-state index is 6.22. The summed E-state index contributed by atoms with van der Waals surface area (Å²) in [7, 11) is 0. The Kier molecular flexibility index (Phi) is 5.25. The molecular formula is C15H21ClN2O. The van der Waals surface area contributed by atoms with Gasteiger partial charge in [0.05, 0.1) is 5.02 Å². The summed E-state index contributed by atoms with van der Waals surface area (Å²) in [5.74, 6) is 0.721. The highest BCUT2D eigenvalue weighted by Gasteiger charge is 2.15. The second kappa shape index (κ2) is 6.94. The molecule has 104 valence electrons. The molecule has 1 atom stereocenters. The van der Waals surface area contributed by atoms with Crippen molar-refractivity contribution in [3.05, 3.63) is 41.4 Å². The molecule has 1 heterocycles. The molecule has 1 aliphatic rings. The van der Waals surface area contributed by atoms with Crippen molar-refractivity contribution in [1.29, 1.82) is 0 Å². The van der Waals surface area contributed by atoms with Gasteiger partial charge in [-0.25, -0.2) is 0 Å². The Balaban J connectivity index is 1.97. The molecule has 1 aromatic carbocycles. The fourth-order valence-electron chi connectivity index (χ4n) is 2.32. The van der Waals surface area contributed by atoms with E-state index in [9.17, 15) is 0 Å². The predicted octanol–water partition coefficient (Wildman–Crippen LogP) is 2.70. The van der Waals surface area contributed by atoms with E-state index in [-0.39, 0.29) is 0 Å². The molecule has 0 aliphatic carbocycles. The van der Waals surface area contributed by atoms with Gasteiger partial charge in [-0.05, 0) is 24.6 Å². The average molecular weight is 281 g/mol. The minimum absolute atomic E-state index is 0.481.